The number of carbonyl (C=O) groups is 1. The lowest BCUT2D eigenvalue weighted by molar-refractivity contribution is 0.00584. The Morgan fingerprint density at radius 2 is 1.73 bits per heavy atom. The monoisotopic (exact) mass is 685 g/mol. The molecule has 7 rings (SSSR count). The molecule has 12 heteroatoms. The van der Waals surface area contributed by atoms with Gasteiger partial charge in [0.2, 0.25) is 0 Å². The smallest absolute Gasteiger partial charge is 0.407 e. The highest BCUT2D eigenvalue weighted by molar-refractivity contribution is 7.92. The minimum atomic E-state index is -3.34. The second kappa shape index (κ2) is 13.5. The van der Waals surface area contributed by atoms with Gasteiger partial charge in [-0.3, -0.25) is 4.90 Å². The number of sulfone groups is 1. The van der Waals surface area contributed by atoms with Crippen molar-refractivity contribution in [1.29, 1.82) is 0 Å². The number of halogens is 2. The zero-order valence-electron chi connectivity index (χ0n) is 27.9. The van der Waals surface area contributed by atoms with Crippen LogP contribution in [-0.4, -0.2) is 114 Å². The zero-order valence-corrected chi connectivity index (χ0v) is 28.7. The highest BCUT2D eigenvalue weighted by Gasteiger charge is 2.54. The molecule has 0 radical (unpaired) electrons. The van der Waals surface area contributed by atoms with E-state index in [1.54, 1.807) is 30.3 Å². The number of anilines is 1. The third-order valence-electron chi connectivity index (χ3n) is 11.9. The Kier molecular flexibility index (Phi) is 9.47. The molecule has 2 aromatic rings. The number of methoxy groups -OCH3 is 1. The molecule has 0 aromatic heterocycles. The van der Waals surface area contributed by atoms with Crippen LogP contribution in [0.1, 0.15) is 44.1 Å². The molecule has 2 N–H and O–H groups in total. The van der Waals surface area contributed by atoms with Gasteiger partial charge in [0.05, 0.1) is 30.3 Å². The number of nitrogens with zero attached hydrogens (tertiary/aromatic N) is 3. The lowest BCUT2D eigenvalue weighted by atomic mass is 9.57. The van der Waals surface area contributed by atoms with Gasteiger partial charge in [0.25, 0.3) is 0 Å². The first-order valence-electron chi connectivity index (χ1n) is 17.6. The van der Waals surface area contributed by atoms with E-state index in [-0.39, 0.29) is 47.4 Å². The van der Waals surface area contributed by atoms with Crippen LogP contribution < -0.4 is 15.5 Å². The van der Waals surface area contributed by atoms with Gasteiger partial charge in [-0.2, -0.15) is 0 Å². The number of ether oxygens (including phenoxy) is 1. The van der Waals surface area contributed by atoms with E-state index in [4.69, 9.17) is 4.74 Å². The number of alkyl halides is 1. The van der Waals surface area contributed by atoms with Gasteiger partial charge in [0.15, 0.2) is 15.5 Å². The van der Waals surface area contributed by atoms with Crippen molar-refractivity contribution in [1.82, 2.24) is 20.4 Å². The van der Waals surface area contributed by atoms with Crippen LogP contribution in [0.15, 0.2) is 53.4 Å². The highest BCUT2D eigenvalue weighted by atomic mass is 32.2. The topological polar surface area (TPSA) is 94.2 Å². The molecule has 0 spiro atoms. The average Bonchev–Trinajstić information content (AvgIpc) is 3.47. The van der Waals surface area contributed by atoms with E-state index in [2.05, 4.69) is 26.5 Å². The van der Waals surface area contributed by atoms with Gasteiger partial charge in [-0.05, 0) is 112 Å². The second-order valence-corrected chi connectivity index (χ2v) is 17.1. The number of hydrogen-bond donors (Lipinski definition) is 2. The lowest BCUT2D eigenvalue weighted by Gasteiger charge is -2.54. The maximum Gasteiger partial charge on any atom is 0.407 e. The first kappa shape index (κ1) is 33.7. The predicted molar refractivity (Wildman–Crippen MR) is 181 cm³/mol. The van der Waals surface area contributed by atoms with Crippen molar-refractivity contribution >= 4 is 21.6 Å². The summed E-state index contributed by atoms with van der Waals surface area (Å²) in [5.74, 6) is 0.143. The number of amides is 1. The minimum Gasteiger partial charge on any atom is -0.453 e. The Morgan fingerprint density at radius 3 is 2.33 bits per heavy atom. The van der Waals surface area contributed by atoms with Crippen molar-refractivity contribution in [3.05, 3.63) is 59.9 Å². The SMILES string of the molecule is COC(=O)N[C@H]1CCC[C@@H]1[C@](CN1CCC1)(c1cccc(F)c1)C1CCN(CC2(F)CN(c3ccc(S(=O)(=O)C4CNC4)cc3)C2)CC1. The second-order valence-electron chi connectivity index (χ2n) is 14.8. The summed E-state index contributed by atoms with van der Waals surface area (Å²) < 4.78 is 61.5. The van der Waals surface area contributed by atoms with Crippen LogP contribution in [-0.2, 0) is 20.0 Å². The fraction of sp³-hybridized carbons (Fsp3) is 0.639. The molecule has 1 amide bonds. The summed E-state index contributed by atoms with van der Waals surface area (Å²) in [7, 11) is -1.94. The molecule has 1 saturated carbocycles. The zero-order chi connectivity index (χ0) is 33.5. The number of piperidine rings is 1. The van der Waals surface area contributed by atoms with E-state index in [9.17, 15) is 17.6 Å². The van der Waals surface area contributed by atoms with Gasteiger partial charge < -0.3 is 25.2 Å². The Bertz CT molecular complexity index is 1560. The molecule has 1 aliphatic carbocycles. The third-order valence-corrected chi connectivity index (χ3v) is 14.1. The molecule has 0 bridgehead atoms. The maximum atomic E-state index is 16.1. The van der Waals surface area contributed by atoms with Crippen LogP contribution in [0.4, 0.5) is 19.3 Å². The lowest BCUT2D eigenvalue weighted by Crippen LogP contribution is -2.65. The molecular weight excluding hydrogens is 636 g/mol. The van der Waals surface area contributed by atoms with Gasteiger partial charge >= 0.3 is 6.09 Å². The Balaban J connectivity index is 1.04. The van der Waals surface area contributed by atoms with E-state index < -0.39 is 21.6 Å². The number of rotatable bonds is 11. The molecule has 5 fully saturated rings. The Hall–Kier alpha value is -2.80. The molecule has 9 nitrogen and oxygen atoms in total. The number of hydrogen-bond acceptors (Lipinski definition) is 8. The van der Waals surface area contributed by atoms with Gasteiger partial charge in [0.1, 0.15) is 5.82 Å². The summed E-state index contributed by atoms with van der Waals surface area (Å²) in [6, 6.07) is 13.9. The number of nitrogens with one attached hydrogen (secondary N) is 2. The molecule has 0 unspecified atom stereocenters. The van der Waals surface area contributed by atoms with E-state index in [0.717, 1.165) is 82.5 Å². The normalized spacial score (nSPS) is 26.6. The van der Waals surface area contributed by atoms with Crippen molar-refractivity contribution in [2.45, 2.75) is 65.8 Å². The van der Waals surface area contributed by atoms with Gasteiger partial charge in [-0.25, -0.2) is 22.0 Å². The van der Waals surface area contributed by atoms with Crippen molar-refractivity contribution in [3.8, 4) is 0 Å². The van der Waals surface area contributed by atoms with Crippen LogP contribution in [0.5, 0.6) is 0 Å². The summed E-state index contributed by atoms with van der Waals surface area (Å²) in [6.45, 7) is 6.26. The fourth-order valence-corrected chi connectivity index (χ4v) is 10.8. The number of alkyl carbamates (subject to hydrolysis) is 1. The van der Waals surface area contributed by atoms with Gasteiger partial charge in [0, 0.05) is 43.3 Å². The number of benzene rings is 2. The van der Waals surface area contributed by atoms with E-state index in [1.165, 1.54) is 13.2 Å². The average molecular weight is 686 g/mol. The molecular formula is C36H49F2N5O4S. The first-order chi connectivity index (χ1) is 23.1. The number of likely N-dealkylation sites (tertiary alicyclic amines) is 2. The standard InChI is InChI=1S/C36H49F2N5O4S/c1-47-34(44)40-33-8-3-7-32(33)36(25-41-15-4-16-41,27-5-2-6-28(37)19-27)26-13-17-42(18-14-26)22-35(38)23-43(24-35)29-9-11-30(12-10-29)48(45,46)31-20-39-21-31/h2,5-6,9-12,19,26,31-33,39H,3-4,7-8,13-18,20-25H2,1H3,(H,40,44)/t32-,33-,36-/m0/s1. The van der Waals surface area contributed by atoms with E-state index in [0.29, 0.717) is 24.5 Å². The number of carbonyl (C=O) groups excluding carboxylic acids is 1. The van der Waals surface area contributed by atoms with Crippen molar-refractivity contribution in [2.75, 3.05) is 77.5 Å². The Labute approximate surface area is 283 Å². The quantitative estimate of drug-likeness (QED) is 0.367. The molecule has 5 aliphatic rings. The molecule has 4 saturated heterocycles. The van der Waals surface area contributed by atoms with Crippen molar-refractivity contribution in [2.24, 2.45) is 11.8 Å². The van der Waals surface area contributed by atoms with E-state index in [1.807, 2.05) is 11.0 Å². The first-order valence-corrected chi connectivity index (χ1v) is 19.2. The summed E-state index contributed by atoms with van der Waals surface area (Å²) in [4.78, 5) is 19.5. The molecule has 2 aromatic carbocycles. The van der Waals surface area contributed by atoms with Gasteiger partial charge in [-0.1, -0.05) is 18.6 Å². The van der Waals surface area contributed by atoms with Crippen LogP contribution in [0.2, 0.25) is 0 Å². The summed E-state index contributed by atoms with van der Waals surface area (Å²) in [5, 5.41) is 5.78. The van der Waals surface area contributed by atoms with E-state index >= 15 is 4.39 Å². The molecule has 262 valence electrons. The Morgan fingerprint density at radius 1 is 1.00 bits per heavy atom. The molecule has 3 atom stereocenters. The fourth-order valence-electron chi connectivity index (χ4n) is 9.19. The van der Waals surface area contributed by atoms with Crippen LogP contribution in [0.25, 0.3) is 0 Å². The van der Waals surface area contributed by atoms with Crippen LogP contribution in [0, 0.1) is 17.7 Å². The predicted octanol–water partition coefficient (Wildman–Crippen LogP) is 3.98. The third kappa shape index (κ3) is 6.45. The summed E-state index contributed by atoms with van der Waals surface area (Å²) >= 11 is 0. The molecule has 4 heterocycles. The molecule has 48 heavy (non-hydrogen) atoms. The van der Waals surface area contributed by atoms with Crippen molar-refractivity contribution < 1.29 is 26.7 Å². The van der Waals surface area contributed by atoms with Crippen LogP contribution in [0.3, 0.4) is 0 Å². The molecule has 4 aliphatic heterocycles. The highest BCUT2D eigenvalue weighted by Crippen LogP contribution is 2.51. The maximum absolute atomic E-state index is 16.1. The summed E-state index contributed by atoms with van der Waals surface area (Å²) in [5.41, 5.74) is 0.154. The van der Waals surface area contributed by atoms with Crippen molar-refractivity contribution in [3.63, 3.8) is 0 Å². The van der Waals surface area contributed by atoms with Crippen LogP contribution >= 0.6 is 0 Å². The minimum absolute atomic E-state index is 0.0560. The summed E-state index contributed by atoms with van der Waals surface area (Å²) in [6.07, 6.45) is 5.29. The largest absolute Gasteiger partial charge is 0.453 e. The van der Waals surface area contributed by atoms with Gasteiger partial charge in [-0.15, -0.1) is 0 Å².